The van der Waals surface area contributed by atoms with Crippen molar-refractivity contribution in [1.82, 2.24) is 19.9 Å². The van der Waals surface area contributed by atoms with Crippen molar-refractivity contribution in [3.63, 3.8) is 0 Å². The molecule has 2 aromatic heterocycles. The molecule has 0 radical (unpaired) electrons. The van der Waals surface area contributed by atoms with E-state index in [1.54, 1.807) is 6.20 Å². The van der Waals surface area contributed by atoms with Crippen LogP contribution >= 0.6 is 11.3 Å². The monoisotopic (exact) mass is 208 g/mol. The van der Waals surface area contributed by atoms with E-state index in [4.69, 9.17) is 11.5 Å². The van der Waals surface area contributed by atoms with Gasteiger partial charge in [0.05, 0.1) is 9.88 Å². The fourth-order valence-corrected chi connectivity index (χ4v) is 1.70. The van der Waals surface area contributed by atoms with E-state index < -0.39 is 0 Å². The first-order valence-electron chi connectivity index (χ1n) is 3.85. The maximum Gasteiger partial charge on any atom is 0.225 e. The molecule has 72 valence electrons. The first kappa shape index (κ1) is 8.82. The van der Waals surface area contributed by atoms with Crippen molar-refractivity contribution < 1.29 is 0 Å². The Morgan fingerprint density at radius 3 is 2.29 bits per heavy atom. The molecule has 0 aliphatic carbocycles. The van der Waals surface area contributed by atoms with E-state index in [1.165, 1.54) is 11.3 Å². The molecule has 6 nitrogen and oxygen atoms in total. The van der Waals surface area contributed by atoms with Gasteiger partial charge in [-0.05, 0) is 6.92 Å². The number of aryl methyl sites for hydroxylation is 1. The second-order valence-corrected chi connectivity index (χ2v) is 3.85. The fourth-order valence-electron chi connectivity index (χ4n) is 0.984. The zero-order chi connectivity index (χ0) is 10.1. The molecule has 0 aliphatic heterocycles. The molecule has 2 aromatic rings. The summed E-state index contributed by atoms with van der Waals surface area (Å²) in [6, 6.07) is 0. The van der Waals surface area contributed by atoms with E-state index in [9.17, 15) is 0 Å². The number of aromatic nitrogens is 4. The second-order valence-electron chi connectivity index (χ2n) is 2.62. The normalized spacial score (nSPS) is 10.4. The smallest absolute Gasteiger partial charge is 0.225 e. The molecule has 0 aromatic carbocycles. The molecule has 0 amide bonds. The van der Waals surface area contributed by atoms with Gasteiger partial charge in [-0.2, -0.15) is 15.0 Å². The van der Waals surface area contributed by atoms with E-state index in [0.717, 1.165) is 9.88 Å². The summed E-state index contributed by atoms with van der Waals surface area (Å²) in [6.45, 7) is 1.90. The summed E-state index contributed by atoms with van der Waals surface area (Å²) in [5.41, 5.74) is 10.9. The molecular formula is C7H8N6S. The Bertz CT molecular complexity index is 445. The first-order valence-corrected chi connectivity index (χ1v) is 4.66. The molecule has 0 spiro atoms. The first-order chi connectivity index (χ1) is 6.65. The molecule has 4 N–H and O–H groups in total. The van der Waals surface area contributed by atoms with Crippen LogP contribution in [-0.4, -0.2) is 19.9 Å². The average molecular weight is 208 g/mol. The number of rotatable bonds is 1. The Morgan fingerprint density at radius 2 is 1.79 bits per heavy atom. The van der Waals surface area contributed by atoms with Crippen molar-refractivity contribution in [2.24, 2.45) is 0 Å². The van der Waals surface area contributed by atoms with Crippen LogP contribution in [-0.2, 0) is 0 Å². The van der Waals surface area contributed by atoms with E-state index in [2.05, 4.69) is 19.9 Å². The molecule has 0 atom stereocenters. The Hall–Kier alpha value is -1.76. The lowest BCUT2D eigenvalue weighted by atomic mass is 10.5. The molecule has 0 saturated heterocycles. The van der Waals surface area contributed by atoms with Crippen LogP contribution in [0.15, 0.2) is 6.20 Å². The third kappa shape index (κ3) is 1.62. The minimum atomic E-state index is 0.124. The number of hydrogen-bond donors (Lipinski definition) is 2. The topological polar surface area (TPSA) is 104 Å². The predicted molar refractivity (Wildman–Crippen MR) is 54.5 cm³/mol. The summed E-state index contributed by atoms with van der Waals surface area (Å²) in [7, 11) is 0. The van der Waals surface area contributed by atoms with Gasteiger partial charge in [-0.1, -0.05) is 0 Å². The van der Waals surface area contributed by atoms with Crippen LogP contribution in [0.4, 0.5) is 11.9 Å². The minimum absolute atomic E-state index is 0.124. The maximum absolute atomic E-state index is 5.45. The SMILES string of the molecule is Cc1ncc(-c2nc(N)nc(N)n2)s1. The van der Waals surface area contributed by atoms with Gasteiger partial charge in [0.25, 0.3) is 0 Å². The number of thiazole rings is 1. The molecule has 0 saturated carbocycles. The number of nitrogen functional groups attached to an aromatic ring is 2. The van der Waals surface area contributed by atoms with Crippen LogP contribution in [0.25, 0.3) is 10.7 Å². The van der Waals surface area contributed by atoms with E-state index in [-0.39, 0.29) is 11.9 Å². The van der Waals surface area contributed by atoms with Gasteiger partial charge in [0, 0.05) is 6.20 Å². The fraction of sp³-hybridized carbons (Fsp3) is 0.143. The summed E-state index contributed by atoms with van der Waals surface area (Å²) >= 11 is 1.48. The lowest BCUT2D eigenvalue weighted by Crippen LogP contribution is -2.03. The zero-order valence-electron chi connectivity index (χ0n) is 7.43. The van der Waals surface area contributed by atoms with Crippen molar-refractivity contribution in [1.29, 1.82) is 0 Å². The third-order valence-electron chi connectivity index (χ3n) is 1.51. The van der Waals surface area contributed by atoms with Crippen LogP contribution in [0.2, 0.25) is 0 Å². The van der Waals surface area contributed by atoms with Gasteiger partial charge < -0.3 is 11.5 Å². The number of anilines is 2. The Kier molecular flexibility index (Phi) is 2.01. The van der Waals surface area contributed by atoms with Gasteiger partial charge in [-0.15, -0.1) is 11.3 Å². The second kappa shape index (κ2) is 3.18. The van der Waals surface area contributed by atoms with Crippen LogP contribution in [0, 0.1) is 6.92 Å². The average Bonchev–Trinajstić information content (AvgIpc) is 2.50. The molecule has 0 fully saturated rings. The highest BCUT2D eigenvalue weighted by atomic mass is 32.1. The van der Waals surface area contributed by atoms with Gasteiger partial charge in [0.1, 0.15) is 0 Å². The standard InChI is InChI=1S/C7H8N6S/c1-3-10-2-4(14-3)5-11-6(8)13-7(9)12-5/h2H,1H3,(H4,8,9,11,12,13). The van der Waals surface area contributed by atoms with Crippen LogP contribution < -0.4 is 11.5 Å². The van der Waals surface area contributed by atoms with Crippen LogP contribution in [0.3, 0.4) is 0 Å². The molecule has 2 heterocycles. The lowest BCUT2D eigenvalue weighted by Gasteiger charge is -1.97. The van der Waals surface area contributed by atoms with E-state index in [1.807, 2.05) is 6.92 Å². The van der Waals surface area contributed by atoms with Crippen molar-refractivity contribution in [2.75, 3.05) is 11.5 Å². The summed E-state index contributed by atoms with van der Waals surface area (Å²) < 4.78 is 0. The van der Waals surface area contributed by atoms with Gasteiger partial charge >= 0.3 is 0 Å². The largest absolute Gasteiger partial charge is 0.368 e. The Morgan fingerprint density at radius 1 is 1.14 bits per heavy atom. The molecule has 14 heavy (non-hydrogen) atoms. The number of nitrogens with zero attached hydrogens (tertiary/aromatic N) is 4. The van der Waals surface area contributed by atoms with Crippen molar-refractivity contribution in [2.45, 2.75) is 6.92 Å². The number of nitrogens with two attached hydrogens (primary N) is 2. The highest BCUT2D eigenvalue weighted by Gasteiger charge is 2.07. The molecule has 0 bridgehead atoms. The Balaban J connectivity index is 2.51. The van der Waals surface area contributed by atoms with Gasteiger partial charge in [-0.3, -0.25) is 0 Å². The highest BCUT2D eigenvalue weighted by molar-refractivity contribution is 7.14. The van der Waals surface area contributed by atoms with E-state index in [0.29, 0.717) is 5.82 Å². The molecule has 0 unspecified atom stereocenters. The van der Waals surface area contributed by atoms with Crippen molar-refractivity contribution in [3.05, 3.63) is 11.2 Å². The van der Waals surface area contributed by atoms with Crippen LogP contribution in [0.5, 0.6) is 0 Å². The van der Waals surface area contributed by atoms with Crippen LogP contribution in [0.1, 0.15) is 5.01 Å². The highest BCUT2D eigenvalue weighted by Crippen LogP contribution is 2.22. The van der Waals surface area contributed by atoms with Gasteiger partial charge in [-0.25, -0.2) is 4.98 Å². The summed E-state index contributed by atoms with van der Waals surface area (Å²) in [5.74, 6) is 0.720. The molecule has 7 heteroatoms. The quantitative estimate of drug-likeness (QED) is 0.705. The molecule has 2 rings (SSSR count). The summed E-state index contributed by atoms with van der Waals surface area (Å²) in [4.78, 5) is 16.5. The minimum Gasteiger partial charge on any atom is -0.368 e. The molecular weight excluding hydrogens is 200 g/mol. The zero-order valence-corrected chi connectivity index (χ0v) is 8.25. The van der Waals surface area contributed by atoms with Crippen molar-refractivity contribution >= 4 is 23.2 Å². The third-order valence-corrected chi connectivity index (χ3v) is 2.42. The van der Waals surface area contributed by atoms with Crippen molar-refractivity contribution in [3.8, 4) is 10.7 Å². The summed E-state index contributed by atoms with van der Waals surface area (Å²) in [5, 5.41) is 0.942. The Labute approximate surface area is 84.1 Å². The van der Waals surface area contributed by atoms with Gasteiger partial charge in [0.2, 0.25) is 11.9 Å². The van der Waals surface area contributed by atoms with Gasteiger partial charge in [0.15, 0.2) is 5.82 Å². The maximum atomic E-state index is 5.45. The molecule has 0 aliphatic rings. The predicted octanol–water partition coefficient (Wildman–Crippen LogP) is 0.468. The van der Waals surface area contributed by atoms with E-state index >= 15 is 0 Å². The number of hydrogen-bond acceptors (Lipinski definition) is 7. The summed E-state index contributed by atoms with van der Waals surface area (Å²) in [6.07, 6.45) is 1.69. The lowest BCUT2D eigenvalue weighted by molar-refractivity contribution is 1.09.